The molecule has 4 saturated heterocycles. The summed E-state index contributed by atoms with van der Waals surface area (Å²) in [6, 6.07) is 11.5. The zero-order valence-electron chi connectivity index (χ0n) is 29.0. The molecule has 0 spiro atoms. The summed E-state index contributed by atoms with van der Waals surface area (Å²) in [7, 11) is -1.29. The Hall–Kier alpha value is -2.98. The molecule has 4 fully saturated rings. The number of halogens is 1. The lowest BCUT2D eigenvalue weighted by atomic mass is 10.0. The molecule has 7 rings (SSSR count). The Kier molecular flexibility index (Phi) is 10.9. The number of carbonyl (C=O) groups excluding carboxylic acids is 1. The zero-order valence-corrected chi connectivity index (χ0v) is 30.8. The number of ether oxygens (including phenoxy) is 6. The standard InChI is InChI=1S/C35H48ClN5O8Si/c1-50(2,3)17-16-45-21-41-33-27(38-34(41)49-29-20-47-31-28(42)19-46-32(29)31)18-26(36)30(39-33)22-4-6-24(7-5-22)40-12-8-23(9-13-40)37-35(43)48-25-10-14-44-15-11-25/h4-7,18,23,25,28-29,31-32,42H,8-17,19-21H2,1-3H3,(H,37,43). The van der Waals surface area contributed by atoms with Gasteiger partial charge in [0.05, 0.1) is 37.1 Å². The van der Waals surface area contributed by atoms with E-state index in [1.807, 2.05) is 22.8 Å². The zero-order chi connectivity index (χ0) is 34.8. The third kappa shape index (κ3) is 8.22. The van der Waals surface area contributed by atoms with Gasteiger partial charge >= 0.3 is 12.1 Å². The molecular weight excluding hydrogens is 682 g/mol. The molecule has 15 heteroatoms. The molecule has 4 unspecified atom stereocenters. The highest BCUT2D eigenvalue weighted by molar-refractivity contribution is 6.76. The minimum absolute atomic E-state index is 0.0622. The van der Waals surface area contributed by atoms with Crippen LogP contribution >= 0.6 is 11.6 Å². The molecule has 6 heterocycles. The second-order valence-corrected chi connectivity index (χ2v) is 20.8. The molecule has 0 saturated carbocycles. The molecule has 0 bridgehead atoms. The summed E-state index contributed by atoms with van der Waals surface area (Å²) in [4.78, 5) is 24.5. The number of aromatic nitrogens is 3. The third-order valence-corrected chi connectivity index (χ3v) is 11.9. The second kappa shape index (κ2) is 15.3. The van der Waals surface area contributed by atoms with Crippen LogP contribution in [0.25, 0.3) is 22.4 Å². The number of rotatable bonds is 11. The second-order valence-electron chi connectivity index (χ2n) is 14.8. The maximum absolute atomic E-state index is 12.4. The number of anilines is 1. The van der Waals surface area contributed by atoms with Gasteiger partial charge in [0.1, 0.15) is 36.7 Å². The molecule has 4 atom stereocenters. The Morgan fingerprint density at radius 2 is 1.78 bits per heavy atom. The van der Waals surface area contributed by atoms with Gasteiger partial charge in [0.2, 0.25) is 0 Å². The summed E-state index contributed by atoms with van der Waals surface area (Å²) in [5.41, 5.74) is 3.81. The molecule has 272 valence electrons. The highest BCUT2D eigenvalue weighted by atomic mass is 35.5. The third-order valence-electron chi connectivity index (χ3n) is 9.86. The van der Waals surface area contributed by atoms with Crippen molar-refractivity contribution in [2.75, 3.05) is 51.0 Å². The maximum Gasteiger partial charge on any atom is 0.407 e. The maximum atomic E-state index is 12.4. The number of amides is 1. The van der Waals surface area contributed by atoms with Crippen molar-refractivity contribution >= 4 is 42.6 Å². The normalized spacial score (nSPS) is 24.9. The van der Waals surface area contributed by atoms with Gasteiger partial charge in [-0.15, -0.1) is 0 Å². The summed E-state index contributed by atoms with van der Waals surface area (Å²) in [5, 5.41) is 13.7. The van der Waals surface area contributed by atoms with Gasteiger partial charge in [0.15, 0.2) is 11.8 Å². The largest absolute Gasteiger partial charge is 0.456 e. The van der Waals surface area contributed by atoms with Crippen molar-refractivity contribution in [1.82, 2.24) is 19.9 Å². The first-order valence-electron chi connectivity index (χ1n) is 17.7. The van der Waals surface area contributed by atoms with E-state index < -0.39 is 26.4 Å². The van der Waals surface area contributed by atoms with Gasteiger partial charge in [-0.1, -0.05) is 43.4 Å². The van der Waals surface area contributed by atoms with Crippen LogP contribution in [-0.2, 0) is 30.4 Å². The highest BCUT2D eigenvalue weighted by Crippen LogP contribution is 2.35. The summed E-state index contributed by atoms with van der Waals surface area (Å²) in [6.45, 7) is 11.2. The fraction of sp³-hybridized carbons (Fsp3) is 0.629. The predicted octanol–water partition coefficient (Wildman–Crippen LogP) is 4.84. The highest BCUT2D eigenvalue weighted by Gasteiger charge is 2.49. The van der Waals surface area contributed by atoms with Gasteiger partial charge in [-0.25, -0.2) is 9.78 Å². The number of fused-ring (bicyclic) bond motifs is 2. The number of nitrogens with zero attached hydrogens (tertiary/aromatic N) is 4. The fourth-order valence-electron chi connectivity index (χ4n) is 6.89. The average Bonchev–Trinajstić information content (AvgIpc) is 3.77. The van der Waals surface area contributed by atoms with E-state index in [9.17, 15) is 9.90 Å². The van der Waals surface area contributed by atoms with Crippen LogP contribution in [0, 0.1) is 0 Å². The molecule has 50 heavy (non-hydrogen) atoms. The molecule has 2 N–H and O–H groups in total. The fourth-order valence-corrected chi connectivity index (χ4v) is 7.90. The number of piperidine rings is 1. The number of aliphatic hydroxyl groups is 1. The van der Waals surface area contributed by atoms with E-state index >= 15 is 0 Å². The van der Waals surface area contributed by atoms with Gasteiger partial charge in [-0.3, -0.25) is 4.57 Å². The van der Waals surface area contributed by atoms with Crippen molar-refractivity contribution < 1.29 is 38.3 Å². The molecule has 0 aliphatic carbocycles. The van der Waals surface area contributed by atoms with Crippen molar-refractivity contribution in [2.24, 2.45) is 0 Å². The molecule has 1 amide bonds. The number of pyridine rings is 1. The molecule has 2 aromatic heterocycles. The number of aliphatic hydroxyl groups excluding tert-OH is 1. The van der Waals surface area contributed by atoms with Crippen molar-refractivity contribution in [3.63, 3.8) is 0 Å². The number of alkyl carbamates (subject to hydrolysis) is 1. The monoisotopic (exact) mass is 729 g/mol. The number of hydrogen-bond acceptors (Lipinski definition) is 11. The summed E-state index contributed by atoms with van der Waals surface area (Å²) < 4.78 is 36.9. The first-order valence-corrected chi connectivity index (χ1v) is 21.8. The van der Waals surface area contributed by atoms with Crippen LogP contribution < -0.4 is 15.0 Å². The lowest BCUT2D eigenvalue weighted by molar-refractivity contribution is 0.000581. The van der Waals surface area contributed by atoms with Gasteiger partial charge in [-0.05, 0) is 37.1 Å². The van der Waals surface area contributed by atoms with Crippen LogP contribution in [0.3, 0.4) is 0 Å². The van der Waals surface area contributed by atoms with Crippen LogP contribution in [0.5, 0.6) is 6.01 Å². The molecular formula is C35H48ClN5O8Si. The summed E-state index contributed by atoms with van der Waals surface area (Å²) in [6.07, 6.45) is 0.895. The number of imidazole rings is 1. The quantitative estimate of drug-likeness (QED) is 0.207. The molecule has 3 aromatic rings. The first-order chi connectivity index (χ1) is 24.1. The Labute approximate surface area is 298 Å². The van der Waals surface area contributed by atoms with E-state index in [1.54, 1.807) is 0 Å². The van der Waals surface area contributed by atoms with Crippen LogP contribution in [0.1, 0.15) is 25.7 Å². The number of benzene rings is 1. The molecule has 4 aliphatic heterocycles. The van der Waals surface area contributed by atoms with E-state index in [2.05, 4.69) is 42.0 Å². The lowest BCUT2D eigenvalue weighted by Gasteiger charge is -2.34. The predicted molar refractivity (Wildman–Crippen MR) is 191 cm³/mol. The van der Waals surface area contributed by atoms with Gasteiger partial charge in [0, 0.05) is 57.9 Å². The topological polar surface area (TPSA) is 139 Å². The summed E-state index contributed by atoms with van der Waals surface area (Å²) >= 11 is 6.83. The van der Waals surface area contributed by atoms with Crippen molar-refractivity contribution in [2.45, 2.75) is 94.7 Å². The van der Waals surface area contributed by atoms with E-state index in [1.165, 1.54) is 0 Å². The van der Waals surface area contributed by atoms with Crippen LogP contribution in [0.4, 0.5) is 10.5 Å². The van der Waals surface area contributed by atoms with Gasteiger partial charge in [0.25, 0.3) is 0 Å². The number of carbonyl (C=O) groups is 1. The van der Waals surface area contributed by atoms with E-state index in [0.717, 1.165) is 56.1 Å². The van der Waals surface area contributed by atoms with Gasteiger partial charge < -0.3 is 43.7 Å². The Morgan fingerprint density at radius 3 is 2.52 bits per heavy atom. The Balaban J connectivity index is 1.03. The first kappa shape index (κ1) is 35.4. The minimum Gasteiger partial charge on any atom is -0.456 e. The molecule has 4 aliphatic rings. The van der Waals surface area contributed by atoms with Crippen LogP contribution in [0.15, 0.2) is 30.3 Å². The SMILES string of the molecule is C[Si](C)(C)CCOCn1c(OC2COC3C(O)COC23)nc2cc(Cl)c(-c3ccc(N4CCC(NC(=O)OC5CCOCC5)CC4)cc3)nc21. The molecule has 13 nitrogen and oxygen atoms in total. The number of hydrogen-bond donors (Lipinski definition) is 2. The van der Waals surface area contributed by atoms with Crippen molar-refractivity contribution in [3.05, 3.63) is 35.4 Å². The number of nitrogens with one attached hydrogen (secondary N) is 1. The lowest BCUT2D eigenvalue weighted by Crippen LogP contribution is -2.45. The Bertz CT molecular complexity index is 1620. The smallest absolute Gasteiger partial charge is 0.407 e. The van der Waals surface area contributed by atoms with Gasteiger partial charge in [-0.2, -0.15) is 4.98 Å². The minimum atomic E-state index is -1.29. The Morgan fingerprint density at radius 1 is 1.04 bits per heavy atom. The van der Waals surface area contributed by atoms with E-state index in [0.29, 0.717) is 47.7 Å². The van der Waals surface area contributed by atoms with Crippen molar-refractivity contribution in [3.8, 4) is 17.3 Å². The van der Waals surface area contributed by atoms with Crippen molar-refractivity contribution in [1.29, 1.82) is 0 Å². The average molecular weight is 730 g/mol. The molecule has 0 radical (unpaired) electrons. The van der Waals surface area contributed by atoms with Crippen LogP contribution in [-0.4, -0.2) is 116 Å². The van der Waals surface area contributed by atoms with E-state index in [-0.39, 0.29) is 44.3 Å². The molecule has 1 aromatic carbocycles. The van der Waals surface area contributed by atoms with E-state index in [4.69, 9.17) is 50.0 Å². The summed E-state index contributed by atoms with van der Waals surface area (Å²) in [5.74, 6) is 0. The van der Waals surface area contributed by atoms with Crippen LogP contribution in [0.2, 0.25) is 30.7 Å².